The lowest BCUT2D eigenvalue weighted by Crippen LogP contribution is -2.22. The van der Waals surface area contributed by atoms with E-state index in [2.05, 4.69) is 43.9 Å². The molecule has 0 radical (unpaired) electrons. The topological polar surface area (TPSA) is 40.5 Å². The largest absolute Gasteiger partial charge is 0.478 e. The summed E-state index contributed by atoms with van der Waals surface area (Å²) in [6, 6.07) is 6.26. The zero-order valence-electron chi connectivity index (χ0n) is 15.1. The summed E-state index contributed by atoms with van der Waals surface area (Å²) < 4.78 is 0. The van der Waals surface area contributed by atoms with Gasteiger partial charge in [-0.2, -0.15) is 0 Å². The minimum absolute atomic E-state index is 0.180. The van der Waals surface area contributed by atoms with Crippen molar-refractivity contribution < 1.29 is 9.90 Å². The van der Waals surface area contributed by atoms with Gasteiger partial charge in [0.2, 0.25) is 0 Å². The molecule has 1 heterocycles. The molecule has 3 nitrogen and oxygen atoms in total. The number of carboxylic acid groups (broad SMARTS) is 1. The lowest BCUT2D eigenvalue weighted by molar-refractivity contribution is 0.0696. The molecule has 2 aromatic rings. The van der Waals surface area contributed by atoms with Crippen molar-refractivity contribution in [2.75, 3.05) is 19.0 Å². The number of aryl methyl sites for hydroxylation is 2. The molecule has 0 aliphatic heterocycles. The molecule has 0 bridgehead atoms. The molecule has 1 aliphatic rings. The van der Waals surface area contributed by atoms with Crippen LogP contribution in [-0.2, 0) is 12.8 Å². The van der Waals surface area contributed by atoms with E-state index in [1.54, 1.807) is 11.3 Å². The predicted molar refractivity (Wildman–Crippen MR) is 102 cm³/mol. The van der Waals surface area contributed by atoms with E-state index in [1.807, 2.05) is 14.1 Å². The molecule has 1 aromatic carbocycles. The van der Waals surface area contributed by atoms with E-state index >= 15 is 0 Å². The van der Waals surface area contributed by atoms with Crippen LogP contribution in [0.15, 0.2) is 18.2 Å². The summed E-state index contributed by atoms with van der Waals surface area (Å²) in [4.78, 5) is 16.3. The first kappa shape index (κ1) is 17.0. The van der Waals surface area contributed by atoms with Crippen molar-refractivity contribution in [2.45, 2.75) is 40.0 Å². The average Bonchev–Trinajstić information content (AvgIpc) is 2.83. The molecule has 4 heteroatoms. The van der Waals surface area contributed by atoms with Gasteiger partial charge in [0.15, 0.2) is 0 Å². The van der Waals surface area contributed by atoms with Gasteiger partial charge in [0.05, 0.1) is 5.56 Å². The van der Waals surface area contributed by atoms with Crippen LogP contribution in [-0.4, -0.2) is 25.2 Å². The molecule has 3 rings (SSSR count). The van der Waals surface area contributed by atoms with Crippen LogP contribution in [0.3, 0.4) is 0 Å². The Morgan fingerprint density at radius 2 is 2.00 bits per heavy atom. The summed E-state index contributed by atoms with van der Waals surface area (Å²) in [6.45, 7) is 6.53. The third-order valence-corrected chi connectivity index (χ3v) is 6.28. The summed E-state index contributed by atoms with van der Waals surface area (Å²) >= 11 is 1.68. The van der Waals surface area contributed by atoms with Gasteiger partial charge in [0.25, 0.3) is 0 Å². The van der Waals surface area contributed by atoms with Gasteiger partial charge in [0.1, 0.15) is 0 Å². The van der Waals surface area contributed by atoms with Crippen LogP contribution in [0.4, 0.5) is 5.69 Å². The van der Waals surface area contributed by atoms with E-state index in [4.69, 9.17) is 0 Å². The van der Waals surface area contributed by atoms with Crippen molar-refractivity contribution in [1.29, 1.82) is 0 Å². The minimum Gasteiger partial charge on any atom is -0.478 e. The van der Waals surface area contributed by atoms with Crippen molar-refractivity contribution in [3.05, 3.63) is 39.8 Å². The third-order valence-electron chi connectivity index (χ3n) is 4.96. The minimum atomic E-state index is -0.795. The Bertz CT molecular complexity index is 802. The fourth-order valence-electron chi connectivity index (χ4n) is 3.52. The number of carbonyl (C=O) groups is 1. The molecule has 0 atom stereocenters. The van der Waals surface area contributed by atoms with E-state index in [0.717, 1.165) is 46.5 Å². The maximum Gasteiger partial charge on any atom is 0.337 e. The number of carboxylic acids is 1. The Balaban J connectivity index is 2.16. The second-order valence-corrected chi connectivity index (χ2v) is 8.85. The molecule has 0 fully saturated rings. The first-order chi connectivity index (χ1) is 11.2. The van der Waals surface area contributed by atoms with Crippen LogP contribution < -0.4 is 4.90 Å². The first-order valence-corrected chi connectivity index (χ1v) is 9.17. The summed E-state index contributed by atoms with van der Waals surface area (Å²) in [5.41, 5.74) is 5.09. The number of benzene rings is 1. The predicted octanol–water partition coefficient (Wildman–Crippen LogP) is 5.00. The SMILES string of the molecule is Cc1cc(N(C)C)ccc1-c1sc2c(c1C(=O)O)CC(C)(C)CC2. The Hall–Kier alpha value is -1.81. The van der Waals surface area contributed by atoms with E-state index in [1.165, 1.54) is 4.88 Å². The Labute approximate surface area is 147 Å². The number of nitrogens with zero attached hydrogens (tertiary/aromatic N) is 1. The van der Waals surface area contributed by atoms with Crippen LogP contribution in [0.25, 0.3) is 10.4 Å². The van der Waals surface area contributed by atoms with Gasteiger partial charge in [-0.1, -0.05) is 19.9 Å². The van der Waals surface area contributed by atoms with Crippen LogP contribution in [0.2, 0.25) is 0 Å². The highest BCUT2D eigenvalue weighted by Gasteiger charge is 2.33. The van der Waals surface area contributed by atoms with E-state index in [9.17, 15) is 9.90 Å². The van der Waals surface area contributed by atoms with Crippen molar-refractivity contribution in [2.24, 2.45) is 5.41 Å². The Morgan fingerprint density at radius 1 is 1.29 bits per heavy atom. The van der Waals surface area contributed by atoms with Crippen molar-refractivity contribution >= 4 is 23.0 Å². The molecule has 0 amide bonds. The maximum atomic E-state index is 12.0. The summed E-state index contributed by atoms with van der Waals surface area (Å²) in [5, 5.41) is 9.87. The van der Waals surface area contributed by atoms with Crippen LogP contribution in [0.1, 0.15) is 46.6 Å². The molecular formula is C20H25NO2S. The van der Waals surface area contributed by atoms with Gasteiger partial charge in [0, 0.05) is 29.5 Å². The third kappa shape index (κ3) is 2.95. The number of anilines is 1. The van der Waals surface area contributed by atoms with Crippen LogP contribution in [0, 0.1) is 12.3 Å². The highest BCUT2D eigenvalue weighted by atomic mass is 32.1. The van der Waals surface area contributed by atoms with Gasteiger partial charge in [-0.15, -0.1) is 11.3 Å². The van der Waals surface area contributed by atoms with E-state index in [0.29, 0.717) is 5.56 Å². The average molecular weight is 343 g/mol. The zero-order chi connectivity index (χ0) is 17.6. The van der Waals surface area contributed by atoms with Gasteiger partial charge >= 0.3 is 5.97 Å². The lowest BCUT2D eigenvalue weighted by atomic mass is 9.76. The van der Waals surface area contributed by atoms with E-state index in [-0.39, 0.29) is 5.41 Å². The van der Waals surface area contributed by atoms with Gasteiger partial charge < -0.3 is 10.0 Å². The van der Waals surface area contributed by atoms with Gasteiger partial charge in [-0.05, 0) is 60.4 Å². The normalized spacial score (nSPS) is 15.9. The summed E-state index contributed by atoms with van der Waals surface area (Å²) in [5.74, 6) is -0.795. The fraction of sp³-hybridized carbons (Fsp3) is 0.450. The van der Waals surface area contributed by atoms with Gasteiger partial charge in [-0.3, -0.25) is 0 Å². The van der Waals surface area contributed by atoms with Crippen LogP contribution in [0.5, 0.6) is 0 Å². The number of hydrogen-bond donors (Lipinski definition) is 1. The molecule has 1 N–H and O–H groups in total. The highest BCUT2D eigenvalue weighted by molar-refractivity contribution is 7.16. The maximum absolute atomic E-state index is 12.0. The standard InChI is InChI=1S/C20H25NO2S/c1-12-10-13(21(4)5)6-7-14(12)18-17(19(22)23)15-11-20(2,3)9-8-16(15)24-18/h6-7,10H,8-9,11H2,1-5H3,(H,22,23). The van der Waals surface area contributed by atoms with Crippen molar-refractivity contribution in [3.63, 3.8) is 0 Å². The second kappa shape index (κ2) is 5.92. The van der Waals surface area contributed by atoms with Crippen molar-refractivity contribution in [3.8, 4) is 10.4 Å². The number of aromatic carboxylic acids is 1. The fourth-order valence-corrected chi connectivity index (χ4v) is 4.92. The van der Waals surface area contributed by atoms with E-state index < -0.39 is 5.97 Å². The molecular weight excluding hydrogens is 318 g/mol. The molecule has 0 saturated carbocycles. The smallest absolute Gasteiger partial charge is 0.337 e. The molecule has 24 heavy (non-hydrogen) atoms. The number of fused-ring (bicyclic) bond motifs is 1. The quantitative estimate of drug-likeness (QED) is 0.852. The zero-order valence-corrected chi connectivity index (χ0v) is 15.9. The Kier molecular flexibility index (Phi) is 4.20. The summed E-state index contributed by atoms with van der Waals surface area (Å²) in [6.07, 6.45) is 2.97. The molecule has 1 aliphatic carbocycles. The van der Waals surface area contributed by atoms with Crippen LogP contribution >= 0.6 is 11.3 Å². The summed E-state index contributed by atoms with van der Waals surface area (Å²) in [7, 11) is 4.03. The number of thiophene rings is 1. The molecule has 0 unspecified atom stereocenters. The van der Waals surface area contributed by atoms with Crippen molar-refractivity contribution in [1.82, 2.24) is 0 Å². The molecule has 128 valence electrons. The molecule has 0 saturated heterocycles. The lowest BCUT2D eigenvalue weighted by Gasteiger charge is -2.29. The Morgan fingerprint density at radius 3 is 2.58 bits per heavy atom. The molecule has 1 aromatic heterocycles. The number of rotatable bonds is 3. The second-order valence-electron chi connectivity index (χ2n) is 7.75. The molecule has 0 spiro atoms. The highest BCUT2D eigenvalue weighted by Crippen LogP contribution is 2.45. The van der Waals surface area contributed by atoms with Gasteiger partial charge in [-0.25, -0.2) is 4.79 Å². The number of hydrogen-bond acceptors (Lipinski definition) is 3. The monoisotopic (exact) mass is 343 g/mol. The first-order valence-electron chi connectivity index (χ1n) is 8.36.